The number of nitrogens with zero attached hydrogens (tertiary/aromatic N) is 2. The van der Waals surface area contributed by atoms with E-state index in [2.05, 4.69) is 4.90 Å². The van der Waals surface area contributed by atoms with E-state index >= 15 is 0 Å². The highest BCUT2D eigenvalue weighted by Crippen LogP contribution is 2.31. The Balaban J connectivity index is 1.67. The minimum absolute atomic E-state index is 0.0693. The largest absolute Gasteiger partial charge is 0.481 e. The van der Waals surface area contributed by atoms with Crippen molar-refractivity contribution in [2.24, 2.45) is 5.41 Å². The molecule has 0 bridgehead atoms. The van der Waals surface area contributed by atoms with Crippen LogP contribution in [0.1, 0.15) is 43.0 Å². The molecule has 1 N–H and O–H groups in total. The molecule has 2 saturated heterocycles. The third kappa shape index (κ3) is 3.19. The van der Waals surface area contributed by atoms with Crippen LogP contribution in [-0.4, -0.2) is 48.1 Å². The van der Waals surface area contributed by atoms with Gasteiger partial charge < -0.3 is 14.9 Å². The van der Waals surface area contributed by atoms with Gasteiger partial charge in [-0.25, -0.2) is 0 Å². The van der Waals surface area contributed by atoms with Crippen LogP contribution in [0.5, 0.6) is 0 Å². The molecule has 124 valence electrons. The highest BCUT2D eigenvalue weighted by atomic mass is 16.4. The molecule has 0 radical (unpaired) electrons. The highest BCUT2D eigenvalue weighted by Gasteiger charge is 2.42. The highest BCUT2D eigenvalue weighted by molar-refractivity contribution is 5.95. The maximum atomic E-state index is 12.6. The summed E-state index contributed by atoms with van der Waals surface area (Å²) >= 11 is 0. The first-order chi connectivity index (χ1) is 11.0. The Morgan fingerprint density at radius 1 is 1.04 bits per heavy atom. The van der Waals surface area contributed by atoms with Crippen molar-refractivity contribution >= 4 is 17.6 Å². The van der Waals surface area contributed by atoms with Crippen molar-refractivity contribution < 1.29 is 14.7 Å². The van der Waals surface area contributed by atoms with Crippen LogP contribution in [0.2, 0.25) is 0 Å². The lowest BCUT2D eigenvalue weighted by Crippen LogP contribution is -2.35. The van der Waals surface area contributed by atoms with Gasteiger partial charge in [0.05, 0.1) is 5.41 Å². The van der Waals surface area contributed by atoms with Crippen molar-refractivity contribution in [2.75, 3.05) is 31.1 Å². The van der Waals surface area contributed by atoms with E-state index in [9.17, 15) is 14.7 Å². The van der Waals surface area contributed by atoms with Crippen LogP contribution < -0.4 is 4.90 Å². The summed E-state index contributed by atoms with van der Waals surface area (Å²) in [6.07, 6.45) is 4.26. The molecular weight excluding hydrogens is 292 g/mol. The molecule has 1 aromatic carbocycles. The number of likely N-dealkylation sites (tertiary alicyclic amines) is 1. The summed E-state index contributed by atoms with van der Waals surface area (Å²) in [7, 11) is 0. The lowest BCUT2D eigenvalue weighted by molar-refractivity contribution is -0.147. The summed E-state index contributed by atoms with van der Waals surface area (Å²) < 4.78 is 0. The zero-order valence-electron chi connectivity index (χ0n) is 13.6. The van der Waals surface area contributed by atoms with Gasteiger partial charge in [0.1, 0.15) is 0 Å². The third-order valence-corrected chi connectivity index (χ3v) is 5.11. The number of amides is 1. The van der Waals surface area contributed by atoms with E-state index in [4.69, 9.17) is 0 Å². The molecule has 1 amide bonds. The van der Waals surface area contributed by atoms with Gasteiger partial charge in [-0.1, -0.05) is 0 Å². The van der Waals surface area contributed by atoms with Gasteiger partial charge in [-0.2, -0.15) is 0 Å². The lowest BCUT2D eigenvalue weighted by atomic mass is 9.90. The predicted octanol–water partition coefficient (Wildman–Crippen LogP) is 2.61. The molecule has 5 heteroatoms. The Hall–Kier alpha value is -2.04. The molecule has 5 nitrogen and oxygen atoms in total. The van der Waals surface area contributed by atoms with E-state index in [0.29, 0.717) is 18.5 Å². The molecule has 0 aliphatic carbocycles. The molecule has 2 aliphatic rings. The maximum absolute atomic E-state index is 12.6. The second-order valence-electron chi connectivity index (χ2n) is 6.94. The van der Waals surface area contributed by atoms with Gasteiger partial charge in [0.15, 0.2) is 0 Å². The quantitative estimate of drug-likeness (QED) is 0.931. The van der Waals surface area contributed by atoms with Gasteiger partial charge in [-0.3, -0.25) is 9.59 Å². The third-order valence-electron chi connectivity index (χ3n) is 5.11. The van der Waals surface area contributed by atoms with E-state index in [0.717, 1.165) is 18.8 Å². The standard InChI is InChI=1S/C18H24N2O3/c1-18(17(22)23)9-12-20(13-18)16(21)14-5-7-15(8-6-14)19-10-3-2-4-11-19/h5-8H,2-4,9-13H2,1H3,(H,22,23). The van der Waals surface area contributed by atoms with Crippen molar-refractivity contribution in [3.63, 3.8) is 0 Å². The van der Waals surface area contributed by atoms with E-state index in [1.165, 1.54) is 19.3 Å². The van der Waals surface area contributed by atoms with Crippen molar-refractivity contribution in [3.8, 4) is 0 Å². The van der Waals surface area contributed by atoms with Crippen LogP contribution in [-0.2, 0) is 4.79 Å². The number of carbonyl (C=O) groups is 2. The van der Waals surface area contributed by atoms with E-state index in [1.54, 1.807) is 11.8 Å². The average Bonchev–Trinajstić information content (AvgIpc) is 2.99. The van der Waals surface area contributed by atoms with Gasteiger partial charge in [-0.15, -0.1) is 0 Å². The number of anilines is 1. The van der Waals surface area contributed by atoms with E-state index in [-0.39, 0.29) is 12.5 Å². The van der Waals surface area contributed by atoms with Gasteiger partial charge >= 0.3 is 5.97 Å². The van der Waals surface area contributed by atoms with Crippen LogP contribution in [0.3, 0.4) is 0 Å². The normalized spacial score (nSPS) is 24.7. The first-order valence-corrected chi connectivity index (χ1v) is 8.37. The van der Waals surface area contributed by atoms with E-state index < -0.39 is 11.4 Å². The number of benzene rings is 1. The second-order valence-corrected chi connectivity index (χ2v) is 6.94. The number of carboxylic acids is 1. The van der Waals surface area contributed by atoms with Gasteiger partial charge in [0, 0.05) is 37.4 Å². The lowest BCUT2D eigenvalue weighted by Gasteiger charge is -2.29. The summed E-state index contributed by atoms with van der Waals surface area (Å²) in [5, 5.41) is 9.28. The molecule has 1 aromatic rings. The van der Waals surface area contributed by atoms with Gasteiger partial charge in [0.25, 0.3) is 5.91 Å². The van der Waals surface area contributed by atoms with Crippen LogP contribution in [0.4, 0.5) is 5.69 Å². The van der Waals surface area contributed by atoms with Crippen molar-refractivity contribution in [2.45, 2.75) is 32.6 Å². The SMILES string of the molecule is CC1(C(=O)O)CCN(C(=O)c2ccc(N3CCCCC3)cc2)C1. The predicted molar refractivity (Wildman–Crippen MR) is 88.8 cm³/mol. The average molecular weight is 316 g/mol. The fourth-order valence-electron chi connectivity index (χ4n) is 3.46. The summed E-state index contributed by atoms with van der Waals surface area (Å²) in [6.45, 7) is 4.67. The molecule has 2 fully saturated rings. The zero-order valence-corrected chi connectivity index (χ0v) is 13.6. The Morgan fingerprint density at radius 2 is 1.70 bits per heavy atom. The molecule has 23 heavy (non-hydrogen) atoms. The Bertz CT molecular complexity index is 593. The summed E-state index contributed by atoms with van der Waals surface area (Å²) in [4.78, 5) is 27.9. The molecule has 0 spiro atoms. The van der Waals surface area contributed by atoms with Crippen molar-refractivity contribution in [1.29, 1.82) is 0 Å². The Labute approximate surface area is 136 Å². The molecule has 1 unspecified atom stereocenters. The summed E-state index contributed by atoms with van der Waals surface area (Å²) in [5.41, 5.74) is 0.988. The smallest absolute Gasteiger partial charge is 0.311 e. The number of piperidine rings is 1. The number of carbonyl (C=O) groups excluding carboxylic acids is 1. The van der Waals surface area contributed by atoms with Crippen molar-refractivity contribution in [1.82, 2.24) is 4.90 Å². The van der Waals surface area contributed by atoms with Gasteiger partial charge in [-0.05, 0) is 56.9 Å². The maximum Gasteiger partial charge on any atom is 0.311 e. The fourth-order valence-corrected chi connectivity index (χ4v) is 3.46. The second kappa shape index (κ2) is 6.22. The molecule has 3 rings (SSSR count). The van der Waals surface area contributed by atoms with Gasteiger partial charge in [0.2, 0.25) is 0 Å². The van der Waals surface area contributed by atoms with Crippen LogP contribution >= 0.6 is 0 Å². The van der Waals surface area contributed by atoms with Crippen LogP contribution in [0.25, 0.3) is 0 Å². The minimum atomic E-state index is -0.826. The molecule has 0 aromatic heterocycles. The molecular formula is C18H24N2O3. The first kappa shape index (κ1) is 15.8. The number of aliphatic carboxylic acids is 1. The Morgan fingerprint density at radius 3 is 2.26 bits per heavy atom. The molecule has 0 saturated carbocycles. The minimum Gasteiger partial charge on any atom is -0.481 e. The van der Waals surface area contributed by atoms with Crippen molar-refractivity contribution in [3.05, 3.63) is 29.8 Å². The topological polar surface area (TPSA) is 60.9 Å². The molecule has 2 heterocycles. The summed E-state index contributed by atoms with van der Waals surface area (Å²) in [6, 6.07) is 7.74. The van der Waals surface area contributed by atoms with Crippen LogP contribution in [0, 0.1) is 5.41 Å². The fraction of sp³-hybridized carbons (Fsp3) is 0.556. The number of rotatable bonds is 3. The molecule has 1 atom stereocenters. The number of hydrogen-bond donors (Lipinski definition) is 1. The first-order valence-electron chi connectivity index (χ1n) is 8.37. The monoisotopic (exact) mass is 316 g/mol. The van der Waals surface area contributed by atoms with Crippen LogP contribution in [0.15, 0.2) is 24.3 Å². The Kier molecular flexibility index (Phi) is 4.28. The number of carboxylic acid groups (broad SMARTS) is 1. The van der Waals surface area contributed by atoms with E-state index in [1.807, 2.05) is 24.3 Å². The molecule has 2 aliphatic heterocycles. The number of hydrogen-bond acceptors (Lipinski definition) is 3. The summed E-state index contributed by atoms with van der Waals surface area (Å²) in [5.74, 6) is -0.895. The zero-order chi connectivity index (χ0) is 16.4.